The summed E-state index contributed by atoms with van der Waals surface area (Å²) in [6, 6.07) is 11.8. The number of anilines is 1. The first-order valence-electron chi connectivity index (χ1n) is 9.47. The van der Waals surface area contributed by atoms with Gasteiger partial charge in [-0.25, -0.2) is 17.2 Å². The van der Waals surface area contributed by atoms with Gasteiger partial charge in [0.15, 0.2) is 0 Å². The van der Waals surface area contributed by atoms with Crippen LogP contribution in [0.5, 0.6) is 0 Å². The van der Waals surface area contributed by atoms with Crippen LogP contribution in [-0.4, -0.2) is 62.9 Å². The zero-order valence-electron chi connectivity index (χ0n) is 16.0. The maximum absolute atomic E-state index is 14.0. The molecule has 29 heavy (non-hydrogen) atoms. The Morgan fingerprint density at radius 3 is 2.41 bits per heavy atom. The molecule has 2 aromatic rings. The van der Waals surface area contributed by atoms with E-state index in [-0.39, 0.29) is 25.5 Å². The minimum atomic E-state index is -3.70. The van der Waals surface area contributed by atoms with Crippen molar-refractivity contribution in [2.45, 2.75) is 11.3 Å². The van der Waals surface area contributed by atoms with E-state index in [1.807, 2.05) is 4.90 Å². The van der Waals surface area contributed by atoms with Crippen LogP contribution >= 0.6 is 0 Å². The number of benzene rings is 2. The van der Waals surface area contributed by atoms with Gasteiger partial charge in [-0.05, 0) is 29.8 Å². The van der Waals surface area contributed by atoms with E-state index in [1.54, 1.807) is 37.4 Å². The molecule has 0 aliphatic carbocycles. The highest BCUT2D eigenvalue weighted by atomic mass is 32.2. The van der Waals surface area contributed by atoms with Gasteiger partial charge >= 0.3 is 0 Å². The van der Waals surface area contributed by atoms with Crippen molar-refractivity contribution < 1.29 is 22.0 Å². The standard InChI is InChI=1S/C20H23F2N3O3S/c1-23-20(15-5-4-6-16(21)13-15)19(14-28-23)29(26,27)25-11-9-24(10-12-25)18-8-3-2-7-17(18)22/h2-8,13,19-20H,9-12,14H2,1H3. The molecule has 0 bridgehead atoms. The summed E-state index contributed by atoms with van der Waals surface area (Å²) in [4.78, 5) is 7.35. The summed E-state index contributed by atoms with van der Waals surface area (Å²) in [5.74, 6) is -0.738. The molecule has 0 spiro atoms. The van der Waals surface area contributed by atoms with E-state index in [9.17, 15) is 17.2 Å². The van der Waals surface area contributed by atoms with E-state index in [2.05, 4.69) is 0 Å². The quantitative estimate of drug-likeness (QED) is 0.756. The molecule has 2 fully saturated rings. The first-order valence-corrected chi connectivity index (χ1v) is 11.0. The van der Waals surface area contributed by atoms with Gasteiger partial charge < -0.3 is 4.90 Å². The lowest BCUT2D eigenvalue weighted by Gasteiger charge is -2.37. The fourth-order valence-electron chi connectivity index (χ4n) is 4.04. The van der Waals surface area contributed by atoms with Crippen molar-refractivity contribution >= 4 is 15.7 Å². The summed E-state index contributed by atoms with van der Waals surface area (Å²) in [7, 11) is -2.04. The Labute approximate surface area is 169 Å². The maximum atomic E-state index is 14.0. The van der Waals surface area contributed by atoms with Crippen LogP contribution in [0.15, 0.2) is 48.5 Å². The summed E-state index contributed by atoms with van der Waals surface area (Å²) in [6.45, 7) is 1.31. The molecule has 2 heterocycles. The number of sulfonamides is 1. The third kappa shape index (κ3) is 3.87. The average Bonchev–Trinajstić information content (AvgIpc) is 3.11. The lowest BCUT2D eigenvalue weighted by Crippen LogP contribution is -2.52. The first kappa shape index (κ1) is 20.2. The Morgan fingerprint density at radius 1 is 1.00 bits per heavy atom. The number of nitrogens with zero attached hydrogens (tertiary/aromatic N) is 3. The number of hydrogen-bond donors (Lipinski definition) is 0. The minimum absolute atomic E-state index is 0.00748. The van der Waals surface area contributed by atoms with Crippen molar-refractivity contribution in [1.82, 2.24) is 9.37 Å². The Hall–Kier alpha value is -2.07. The zero-order valence-corrected chi connectivity index (χ0v) is 16.9. The molecule has 2 atom stereocenters. The van der Waals surface area contributed by atoms with Crippen LogP contribution in [0.1, 0.15) is 11.6 Å². The molecule has 0 amide bonds. The molecule has 6 nitrogen and oxygen atoms in total. The van der Waals surface area contributed by atoms with Gasteiger partial charge in [-0.15, -0.1) is 0 Å². The number of para-hydroxylation sites is 1. The Bertz CT molecular complexity index is 980. The van der Waals surface area contributed by atoms with Gasteiger partial charge in [0.25, 0.3) is 0 Å². The predicted molar refractivity (Wildman–Crippen MR) is 106 cm³/mol. The summed E-state index contributed by atoms with van der Waals surface area (Å²) in [6.07, 6.45) is 0. The van der Waals surface area contributed by atoms with Gasteiger partial charge in [0.05, 0.1) is 18.3 Å². The Kier molecular flexibility index (Phi) is 5.56. The molecule has 4 rings (SSSR count). The highest BCUT2D eigenvalue weighted by Crippen LogP contribution is 2.35. The fourth-order valence-corrected chi connectivity index (χ4v) is 5.99. The molecule has 0 aromatic heterocycles. The monoisotopic (exact) mass is 423 g/mol. The van der Waals surface area contributed by atoms with Crippen molar-refractivity contribution in [3.63, 3.8) is 0 Å². The van der Waals surface area contributed by atoms with Crippen molar-refractivity contribution in [3.8, 4) is 0 Å². The smallest absolute Gasteiger partial charge is 0.221 e. The van der Waals surface area contributed by atoms with E-state index < -0.39 is 27.1 Å². The summed E-state index contributed by atoms with van der Waals surface area (Å²) >= 11 is 0. The van der Waals surface area contributed by atoms with Crippen molar-refractivity contribution in [3.05, 3.63) is 65.7 Å². The minimum Gasteiger partial charge on any atom is -0.367 e. The second-order valence-corrected chi connectivity index (χ2v) is 9.41. The van der Waals surface area contributed by atoms with Crippen LogP contribution in [0.3, 0.4) is 0 Å². The predicted octanol–water partition coefficient (Wildman–Crippen LogP) is 2.40. The van der Waals surface area contributed by atoms with Gasteiger partial charge in [-0.3, -0.25) is 4.84 Å². The third-order valence-corrected chi connectivity index (χ3v) is 7.79. The SMILES string of the molecule is CN1OCC(S(=O)(=O)N2CCN(c3ccccc3F)CC2)C1c1cccc(F)c1. The Balaban J connectivity index is 1.52. The first-order chi connectivity index (χ1) is 13.9. The van der Waals surface area contributed by atoms with Gasteiger partial charge in [0.2, 0.25) is 10.0 Å². The molecular formula is C20H23F2N3O3S. The molecule has 2 aliphatic heterocycles. The van der Waals surface area contributed by atoms with Crippen LogP contribution in [0.4, 0.5) is 14.5 Å². The van der Waals surface area contributed by atoms with Gasteiger partial charge in [0, 0.05) is 33.2 Å². The summed E-state index contributed by atoms with van der Waals surface area (Å²) in [5, 5.41) is 0.640. The molecule has 0 saturated carbocycles. The lowest BCUT2D eigenvalue weighted by molar-refractivity contribution is -0.110. The van der Waals surface area contributed by atoms with Crippen molar-refractivity contribution in [2.75, 3.05) is 44.7 Å². The molecule has 0 radical (unpaired) electrons. The molecule has 156 valence electrons. The fraction of sp³-hybridized carbons (Fsp3) is 0.400. The van der Waals surface area contributed by atoms with Gasteiger partial charge in [-0.1, -0.05) is 24.3 Å². The number of halogens is 2. The Morgan fingerprint density at radius 2 is 1.72 bits per heavy atom. The summed E-state index contributed by atoms with van der Waals surface area (Å²) < 4.78 is 55.9. The molecule has 2 aromatic carbocycles. The van der Waals surface area contributed by atoms with E-state index in [1.165, 1.54) is 27.6 Å². The van der Waals surface area contributed by atoms with Gasteiger partial charge in [-0.2, -0.15) is 9.37 Å². The van der Waals surface area contributed by atoms with Crippen molar-refractivity contribution in [2.24, 2.45) is 0 Å². The highest BCUT2D eigenvalue weighted by Gasteiger charge is 2.46. The van der Waals surface area contributed by atoms with E-state index in [0.717, 1.165) is 0 Å². The summed E-state index contributed by atoms with van der Waals surface area (Å²) in [5.41, 5.74) is 1.04. The maximum Gasteiger partial charge on any atom is 0.221 e. The average molecular weight is 423 g/mol. The second kappa shape index (κ2) is 7.98. The van der Waals surface area contributed by atoms with Gasteiger partial charge in [0.1, 0.15) is 16.9 Å². The third-order valence-electron chi connectivity index (χ3n) is 5.55. The van der Waals surface area contributed by atoms with Crippen LogP contribution in [0.25, 0.3) is 0 Å². The number of hydrogen-bond acceptors (Lipinski definition) is 5. The van der Waals surface area contributed by atoms with E-state index in [0.29, 0.717) is 24.3 Å². The number of hydroxylamine groups is 2. The lowest BCUT2D eigenvalue weighted by atomic mass is 10.0. The molecule has 2 unspecified atom stereocenters. The molecule has 0 N–H and O–H groups in total. The van der Waals surface area contributed by atoms with Crippen LogP contribution in [-0.2, 0) is 14.9 Å². The number of piperazine rings is 1. The zero-order chi connectivity index (χ0) is 20.6. The normalized spacial score (nSPS) is 24.2. The second-order valence-electron chi connectivity index (χ2n) is 7.26. The van der Waals surface area contributed by atoms with Crippen LogP contribution in [0.2, 0.25) is 0 Å². The topological polar surface area (TPSA) is 53.1 Å². The highest BCUT2D eigenvalue weighted by molar-refractivity contribution is 7.89. The van der Waals surface area contributed by atoms with Crippen LogP contribution < -0.4 is 4.90 Å². The molecule has 2 aliphatic rings. The van der Waals surface area contributed by atoms with E-state index in [4.69, 9.17) is 4.84 Å². The number of rotatable bonds is 4. The molecule has 2 saturated heterocycles. The van der Waals surface area contributed by atoms with Crippen LogP contribution in [0, 0.1) is 11.6 Å². The molecular weight excluding hydrogens is 400 g/mol. The van der Waals surface area contributed by atoms with E-state index >= 15 is 0 Å². The largest absolute Gasteiger partial charge is 0.367 e. The molecule has 9 heteroatoms. The van der Waals surface area contributed by atoms with Crippen molar-refractivity contribution in [1.29, 1.82) is 0 Å².